The number of anilines is 3. The highest BCUT2D eigenvalue weighted by atomic mass is 35.5. The van der Waals surface area contributed by atoms with E-state index in [2.05, 4.69) is 36.0 Å². The SMILES string of the molecule is O=C1CCc2ccc(OCCCCN3CCN(c4cccc(Cl)c4Cl)CC3)cc2N1.O=c1ccc2ccc(OCCCCN3CCN(c4cccc(Cl)c4Cl)CC3)cc2[nH]1. The Labute approximate surface area is 372 Å². The molecule has 0 bridgehead atoms. The number of aromatic amines is 1. The maximum absolute atomic E-state index is 11.5. The predicted octanol–water partition coefficient (Wildman–Crippen LogP) is 9.68. The number of piperazine rings is 2. The van der Waals surface area contributed by atoms with Gasteiger partial charge in [-0.3, -0.25) is 19.4 Å². The van der Waals surface area contributed by atoms with Gasteiger partial charge in [0.15, 0.2) is 0 Å². The van der Waals surface area contributed by atoms with Crippen LogP contribution >= 0.6 is 46.4 Å². The van der Waals surface area contributed by atoms with Crippen LogP contribution in [-0.4, -0.2) is 99.4 Å². The van der Waals surface area contributed by atoms with Gasteiger partial charge in [0.25, 0.3) is 0 Å². The summed E-state index contributed by atoms with van der Waals surface area (Å²) in [4.78, 5) is 35.4. The summed E-state index contributed by atoms with van der Waals surface area (Å²) in [5.41, 5.74) is 4.82. The number of nitrogens with one attached hydrogen (secondary N) is 2. The lowest BCUT2D eigenvalue weighted by atomic mass is 10.0. The standard InChI is InChI=1S/C23H27Cl2N3O2.C23H25Cl2N3O2/c2*24-19-4-3-5-21(23(19)25)28-13-11-27(12-14-28)10-1-2-15-30-18-8-6-17-7-9-22(29)26-20(17)16-18/h3-6,8,16H,1-2,7,9-15H2,(H,26,29);3-9,16H,1-2,10-15H2,(H,26,29). The number of carbonyl (C=O) groups excluding carboxylic acids is 1. The fraction of sp³-hybridized carbons (Fsp3) is 0.391. The molecule has 10 nitrogen and oxygen atoms in total. The van der Waals surface area contributed by atoms with Crippen molar-refractivity contribution in [2.45, 2.75) is 38.5 Å². The van der Waals surface area contributed by atoms with Gasteiger partial charge in [0.2, 0.25) is 11.5 Å². The van der Waals surface area contributed by atoms with E-state index < -0.39 is 0 Å². The molecule has 1 amide bonds. The molecule has 14 heteroatoms. The van der Waals surface area contributed by atoms with E-state index in [9.17, 15) is 9.59 Å². The number of rotatable bonds is 14. The zero-order chi connectivity index (χ0) is 41.8. The van der Waals surface area contributed by atoms with Gasteiger partial charge in [-0.2, -0.15) is 0 Å². The molecule has 2 saturated heterocycles. The zero-order valence-corrected chi connectivity index (χ0v) is 36.8. The first-order chi connectivity index (χ1) is 29.2. The van der Waals surface area contributed by atoms with Crippen molar-refractivity contribution in [2.24, 2.45) is 0 Å². The minimum Gasteiger partial charge on any atom is -0.494 e. The second-order valence-electron chi connectivity index (χ2n) is 15.4. The second kappa shape index (κ2) is 21.6. The van der Waals surface area contributed by atoms with Crippen LogP contribution in [0.2, 0.25) is 20.1 Å². The first-order valence-electron chi connectivity index (χ1n) is 20.8. The molecule has 3 aliphatic rings. The maximum atomic E-state index is 11.5. The average molecular weight is 895 g/mol. The Kier molecular flexibility index (Phi) is 15.8. The number of pyridine rings is 1. The number of nitrogens with zero attached hydrogens (tertiary/aromatic N) is 4. The molecule has 5 aromatic rings. The number of aryl methyl sites for hydroxylation is 1. The Morgan fingerprint density at radius 1 is 0.567 bits per heavy atom. The average Bonchev–Trinajstić information content (AvgIpc) is 3.26. The summed E-state index contributed by atoms with van der Waals surface area (Å²) in [5.74, 6) is 1.69. The Morgan fingerprint density at radius 2 is 1.10 bits per heavy atom. The molecule has 60 heavy (non-hydrogen) atoms. The van der Waals surface area contributed by atoms with Crippen molar-refractivity contribution in [3.63, 3.8) is 0 Å². The molecule has 0 atom stereocenters. The molecule has 0 aliphatic carbocycles. The highest BCUT2D eigenvalue weighted by Gasteiger charge is 2.21. The summed E-state index contributed by atoms with van der Waals surface area (Å²) >= 11 is 25.0. The number of halogens is 4. The van der Waals surface area contributed by atoms with E-state index in [1.165, 1.54) is 11.6 Å². The van der Waals surface area contributed by atoms with E-state index in [1.807, 2.05) is 72.8 Å². The van der Waals surface area contributed by atoms with Crippen LogP contribution in [0.25, 0.3) is 10.9 Å². The van der Waals surface area contributed by atoms with E-state index >= 15 is 0 Å². The molecule has 8 rings (SSSR count). The number of fused-ring (bicyclic) bond motifs is 2. The van der Waals surface area contributed by atoms with Crippen LogP contribution in [-0.2, 0) is 11.2 Å². The predicted molar refractivity (Wildman–Crippen MR) is 248 cm³/mol. The first kappa shape index (κ1) is 43.9. The normalized spacial score (nSPS) is 15.9. The molecule has 1 aromatic heterocycles. The molecule has 4 heterocycles. The molecule has 2 N–H and O–H groups in total. The van der Waals surface area contributed by atoms with Crippen molar-refractivity contribution in [2.75, 3.05) is 93.8 Å². The van der Waals surface area contributed by atoms with E-state index in [4.69, 9.17) is 55.9 Å². The Hall–Kier alpha value is -4.16. The summed E-state index contributed by atoms with van der Waals surface area (Å²) in [7, 11) is 0. The van der Waals surface area contributed by atoms with Crippen LogP contribution in [0.3, 0.4) is 0 Å². The summed E-state index contributed by atoms with van der Waals surface area (Å²) < 4.78 is 11.8. The van der Waals surface area contributed by atoms with Crippen LogP contribution < -0.4 is 30.1 Å². The fourth-order valence-corrected chi connectivity index (χ4v) is 8.64. The van der Waals surface area contributed by atoms with Crippen molar-refractivity contribution in [3.8, 4) is 11.5 Å². The van der Waals surface area contributed by atoms with E-state index in [1.54, 1.807) is 0 Å². The Morgan fingerprint density at radius 3 is 1.68 bits per heavy atom. The van der Waals surface area contributed by atoms with Gasteiger partial charge in [-0.05, 0) is 105 Å². The van der Waals surface area contributed by atoms with Gasteiger partial charge in [-0.15, -0.1) is 0 Å². The van der Waals surface area contributed by atoms with Gasteiger partial charge in [0, 0.05) is 82.7 Å². The third-order valence-electron chi connectivity index (χ3n) is 11.2. The van der Waals surface area contributed by atoms with Crippen LogP contribution in [0, 0.1) is 0 Å². The van der Waals surface area contributed by atoms with Gasteiger partial charge in [-0.25, -0.2) is 0 Å². The van der Waals surface area contributed by atoms with Gasteiger partial charge >= 0.3 is 0 Å². The second-order valence-corrected chi connectivity index (χ2v) is 16.9. The van der Waals surface area contributed by atoms with E-state index in [-0.39, 0.29) is 11.5 Å². The molecule has 0 radical (unpaired) electrons. The number of H-pyrrole nitrogens is 1. The number of aromatic nitrogens is 1. The number of hydrogen-bond donors (Lipinski definition) is 2. The molecule has 0 spiro atoms. The quantitative estimate of drug-likeness (QED) is 0.107. The molecule has 318 valence electrons. The number of unbranched alkanes of at least 4 members (excludes halogenated alkanes) is 2. The number of carbonyl (C=O) groups is 1. The van der Waals surface area contributed by atoms with Crippen LogP contribution in [0.4, 0.5) is 17.1 Å². The van der Waals surface area contributed by atoms with Crippen molar-refractivity contribution in [1.29, 1.82) is 0 Å². The van der Waals surface area contributed by atoms with Crippen LogP contribution in [0.5, 0.6) is 11.5 Å². The van der Waals surface area contributed by atoms with Gasteiger partial charge in [-0.1, -0.05) is 64.6 Å². The summed E-state index contributed by atoms with van der Waals surface area (Å²) in [6.45, 7) is 11.4. The number of hydrogen-bond acceptors (Lipinski definition) is 8. The smallest absolute Gasteiger partial charge is 0.248 e. The largest absolute Gasteiger partial charge is 0.494 e. The van der Waals surface area contributed by atoms with Gasteiger partial charge < -0.3 is 29.6 Å². The van der Waals surface area contributed by atoms with Gasteiger partial charge in [0.05, 0.1) is 50.2 Å². The summed E-state index contributed by atoms with van der Waals surface area (Å²) in [5, 5.41) is 6.42. The molecule has 3 aliphatic heterocycles. The topological polar surface area (TPSA) is 93.4 Å². The zero-order valence-electron chi connectivity index (χ0n) is 33.7. The van der Waals surface area contributed by atoms with Crippen molar-refractivity contribution < 1.29 is 14.3 Å². The molecule has 0 saturated carbocycles. The summed E-state index contributed by atoms with van der Waals surface area (Å²) in [6.07, 6.45) is 5.54. The molecular weight excluding hydrogens is 842 g/mol. The third-order valence-corrected chi connectivity index (χ3v) is 12.9. The number of benzene rings is 4. The Balaban J connectivity index is 0.000000181. The van der Waals surface area contributed by atoms with Crippen LogP contribution in [0.1, 0.15) is 37.7 Å². The van der Waals surface area contributed by atoms with E-state index in [0.29, 0.717) is 39.7 Å². The van der Waals surface area contributed by atoms with E-state index in [0.717, 1.165) is 137 Å². The lowest BCUT2D eigenvalue weighted by Crippen LogP contribution is -2.46. The maximum Gasteiger partial charge on any atom is 0.248 e. The lowest BCUT2D eigenvalue weighted by Gasteiger charge is -2.36. The first-order valence-corrected chi connectivity index (χ1v) is 22.4. The van der Waals surface area contributed by atoms with Crippen molar-refractivity contribution >= 4 is 80.3 Å². The highest BCUT2D eigenvalue weighted by molar-refractivity contribution is 6.44. The highest BCUT2D eigenvalue weighted by Crippen LogP contribution is 2.34. The van der Waals surface area contributed by atoms with Crippen molar-refractivity contribution in [1.82, 2.24) is 14.8 Å². The fourth-order valence-electron chi connectivity index (χ4n) is 7.81. The lowest BCUT2D eigenvalue weighted by molar-refractivity contribution is -0.116. The van der Waals surface area contributed by atoms with Crippen molar-refractivity contribution in [3.05, 3.63) is 121 Å². The summed E-state index contributed by atoms with van der Waals surface area (Å²) in [6, 6.07) is 26.7. The number of amides is 1. The molecule has 2 fully saturated rings. The number of ether oxygens (including phenoxy) is 2. The molecule has 4 aromatic carbocycles. The minimum atomic E-state index is -0.0996. The Bertz CT molecular complexity index is 2280. The molecule has 0 unspecified atom stereocenters. The monoisotopic (exact) mass is 892 g/mol. The third kappa shape index (κ3) is 12.0. The van der Waals surface area contributed by atoms with Crippen LogP contribution in [0.15, 0.2) is 89.7 Å². The van der Waals surface area contributed by atoms with Gasteiger partial charge in [0.1, 0.15) is 11.5 Å². The minimum absolute atomic E-state index is 0.0809. The molecular formula is C46H52Cl4N6O4.